The van der Waals surface area contributed by atoms with Crippen molar-refractivity contribution in [2.24, 2.45) is 5.41 Å². The Morgan fingerprint density at radius 2 is 2.11 bits per heavy atom. The predicted octanol–water partition coefficient (Wildman–Crippen LogP) is 2.08. The Labute approximate surface area is 117 Å². The quantitative estimate of drug-likeness (QED) is 0.768. The topological polar surface area (TPSA) is 24.5 Å². The smallest absolute Gasteiger partial charge is 0.0547 e. The van der Waals surface area contributed by atoms with Crippen LogP contribution in [0.5, 0.6) is 0 Å². The van der Waals surface area contributed by atoms with E-state index < -0.39 is 0 Å². The van der Waals surface area contributed by atoms with E-state index in [-0.39, 0.29) is 5.54 Å². The lowest BCUT2D eigenvalue weighted by Crippen LogP contribution is -2.49. The molecule has 108 valence electrons. The Morgan fingerprint density at radius 1 is 1.39 bits per heavy atom. The van der Waals surface area contributed by atoms with Gasteiger partial charge in [-0.3, -0.25) is 0 Å². The molecule has 1 saturated heterocycles. The van der Waals surface area contributed by atoms with E-state index in [0.29, 0.717) is 5.41 Å². The van der Waals surface area contributed by atoms with Crippen LogP contribution < -0.4 is 5.32 Å². The third kappa shape index (κ3) is 5.91. The zero-order chi connectivity index (χ0) is 13.6. The molecule has 1 aliphatic heterocycles. The largest absolute Gasteiger partial charge is 0.381 e. The van der Waals surface area contributed by atoms with Gasteiger partial charge in [0.25, 0.3) is 0 Å². The summed E-state index contributed by atoms with van der Waals surface area (Å²) < 4.78 is 5.66. The van der Waals surface area contributed by atoms with Crippen LogP contribution in [0.15, 0.2) is 0 Å². The first-order chi connectivity index (χ1) is 8.37. The summed E-state index contributed by atoms with van der Waals surface area (Å²) in [5.41, 5.74) is 0.494. The van der Waals surface area contributed by atoms with Crippen LogP contribution in [0.4, 0.5) is 0 Å². The Morgan fingerprint density at radius 3 is 2.61 bits per heavy atom. The molecule has 0 radical (unpaired) electrons. The molecule has 0 aromatic rings. The summed E-state index contributed by atoms with van der Waals surface area (Å²) >= 11 is 1.92. The number of rotatable bonds is 7. The summed E-state index contributed by atoms with van der Waals surface area (Å²) in [5.74, 6) is 1.21. The van der Waals surface area contributed by atoms with Crippen molar-refractivity contribution in [3.05, 3.63) is 0 Å². The highest BCUT2D eigenvalue weighted by Crippen LogP contribution is 2.29. The molecule has 1 aliphatic rings. The highest BCUT2D eigenvalue weighted by atomic mass is 32.2. The van der Waals surface area contributed by atoms with E-state index in [1.54, 1.807) is 0 Å². The maximum absolute atomic E-state index is 5.66. The van der Waals surface area contributed by atoms with E-state index in [2.05, 4.69) is 44.3 Å². The molecular weight excluding hydrogens is 244 g/mol. The van der Waals surface area contributed by atoms with Crippen LogP contribution in [-0.2, 0) is 4.74 Å². The van der Waals surface area contributed by atoms with Crippen molar-refractivity contribution >= 4 is 11.8 Å². The Bertz CT molecular complexity index is 234. The van der Waals surface area contributed by atoms with Gasteiger partial charge in [0.2, 0.25) is 0 Å². The number of thioether (sulfide) groups is 1. The molecule has 1 unspecified atom stereocenters. The normalized spacial score (nSPS) is 25.0. The Kier molecular flexibility index (Phi) is 6.45. The van der Waals surface area contributed by atoms with Crippen LogP contribution in [0.3, 0.4) is 0 Å². The summed E-state index contributed by atoms with van der Waals surface area (Å²) in [6.07, 6.45) is 3.35. The summed E-state index contributed by atoms with van der Waals surface area (Å²) in [4.78, 5) is 2.45. The van der Waals surface area contributed by atoms with Crippen molar-refractivity contribution in [1.29, 1.82) is 0 Å². The molecule has 4 heteroatoms. The van der Waals surface area contributed by atoms with Crippen LogP contribution in [0.2, 0.25) is 0 Å². The molecule has 0 amide bonds. The highest BCUT2D eigenvalue weighted by Gasteiger charge is 2.36. The van der Waals surface area contributed by atoms with Crippen molar-refractivity contribution < 1.29 is 4.74 Å². The molecule has 1 atom stereocenters. The number of nitrogens with zero attached hydrogens (tertiary/aromatic N) is 1. The van der Waals surface area contributed by atoms with E-state index in [1.807, 2.05) is 11.8 Å². The van der Waals surface area contributed by atoms with E-state index in [4.69, 9.17) is 4.74 Å². The monoisotopic (exact) mass is 274 g/mol. The molecule has 0 aromatic carbocycles. The number of hydrogen-bond acceptors (Lipinski definition) is 4. The summed E-state index contributed by atoms with van der Waals surface area (Å²) in [7, 11) is 2.23. The molecule has 0 saturated carbocycles. The van der Waals surface area contributed by atoms with Gasteiger partial charge in [-0.15, -0.1) is 0 Å². The standard InChI is InChI=1S/C14H30N2OS/c1-13(2,3)15-10-14(6-8-17-12-14)11-16(4)7-9-18-5/h15H,6-12H2,1-5H3. The second-order valence-corrected chi connectivity index (χ2v) is 7.62. The Hall–Kier alpha value is 0.230. The molecule has 1 N–H and O–H groups in total. The maximum Gasteiger partial charge on any atom is 0.0547 e. The molecule has 0 aliphatic carbocycles. The molecule has 1 rings (SSSR count). The van der Waals surface area contributed by atoms with Gasteiger partial charge in [0.05, 0.1) is 6.61 Å². The van der Waals surface area contributed by atoms with Gasteiger partial charge in [-0.2, -0.15) is 11.8 Å². The molecule has 0 aromatic heterocycles. The maximum atomic E-state index is 5.66. The van der Waals surface area contributed by atoms with Crippen molar-refractivity contribution in [3.63, 3.8) is 0 Å². The summed E-state index contributed by atoms with van der Waals surface area (Å²) in [6, 6.07) is 0. The zero-order valence-electron chi connectivity index (χ0n) is 12.7. The van der Waals surface area contributed by atoms with E-state index in [9.17, 15) is 0 Å². The molecule has 3 nitrogen and oxygen atoms in total. The number of nitrogens with one attached hydrogen (secondary N) is 1. The van der Waals surface area contributed by atoms with Crippen molar-refractivity contribution in [2.75, 3.05) is 51.9 Å². The third-order valence-electron chi connectivity index (χ3n) is 3.46. The van der Waals surface area contributed by atoms with E-state index in [1.165, 1.54) is 18.7 Å². The van der Waals surface area contributed by atoms with Crippen molar-refractivity contribution in [1.82, 2.24) is 10.2 Å². The lowest BCUT2D eigenvalue weighted by molar-refractivity contribution is 0.115. The fraction of sp³-hybridized carbons (Fsp3) is 1.00. The fourth-order valence-corrected chi connectivity index (χ4v) is 2.82. The van der Waals surface area contributed by atoms with Gasteiger partial charge in [-0.05, 0) is 40.5 Å². The minimum absolute atomic E-state index is 0.188. The van der Waals surface area contributed by atoms with Gasteiger partial charge in [0.1, 0.15) is 0 Å². The lowest BCUT2D eigenvalue weighted by Gasteiger charge is -2.35. The molecule has 0 bridgehead atoms. The van der Waals surface area contributed by atoms with Gasteiger partial charge in [0.15, 0.2) is 0 Å². The molecule has 0 spiro atoms. The number of hydrogen-bond donors (Lipinski definition) is 1. The SMILES string of the molecule is CSCCN(C)CC1(CNC(C)(C)C)CCOC1. The van der Waals surface area contributed by atoms with E-state index in [0.717, 1.165) is 26.3 Å². The van der Waals surface area contributed by atoms with Gasteiger partial charge in [0, 0.05) is 42.9 Å². The molecule has 1 fully saturated rings. The van der Waals surface area contributed by atoms with Gasteiger partial charge < -0.3 is 15.0 Å². The van der Waals surface area contributed by atoms with Crippen LogP contribution in [0.1, 0.15) is 27.2 Å². The minimum Gasteiger partial charge on any atom is -0.381 e. The van der Waals surface area contributed by atoms with Crippen LogP contribution in [-0.4, -0.2) is 62.3 Å². The number of ether oxygens (including phenoxy) is 1. The van der Waals surface area contributed by atoms with Crippen LogP contribution in [0, 0.1) is 5.41 Å². The van der Waals surface area contributed by atoms with Crippen LogP contribution >= 0.6 is 11.8 Å². The third-order valence-corrected chi connectivity index (χ3v) is 4.05. The van der Waals surface area contributed by atoms with Crippen LogP contribution in [0.25, 0.3) is 0 Å². The molecule has 18 heavy (non-hydrogen) atoms. The van der Waals surface area contributed by atoms with E-state index >= 15 is 0 Å². The highest BCUT2D eigenvalue weighted by molar-refractivity contribution is 7.98. The summed E-state index contributed by atoms with van der Waals surface area (Å²) in [5, 5.41) is 3.65. The van der Waals surface area contributed by atoms with Gasteiger partial charge in [-0.1, -0.05) is 0 Å². The minimum atomic E-state index is 0.188. The van der Waals surface area contributed by atoms with Crippen molar-refractivity contribution in [3.8, 4) is 0 Å². The fourth-order valence-electron chi connectivity index (χ4n) is 2.32. The predicted molar refractivity (Wildman–Crippen MR) is 81.5 cm³/mol. The molecule has 1 heterocycles. The zero-order valence-corrected chi connectivity index (χ0v) is 13.5. The second-order valence-electron chi connectivity index (χ2n) is 6.64. The first-order valence-corrected chi connectivity index (χ1v) is 8.27. The summed E-state index contributed by atoms with van der Waals surface area (Å²) in [6.45, 7) is 11.9. The second kappa shape index (κ2) is 7.13. The Balaban J connectivity index is 2.47. The van der Waals surface area contributed by atoms with Gasteiger partial charge >= 0.3 is 0 Å². The first-order valence-electron chi connectivity index (χ1n) is 6.87. The lowest BCUT2D eigenvalue weighted by atomic mass is 9.85. The van der Waals surface area contributed by atoms with Gasteiger partial charge in [-0.25, -0.2) is 0 Å². The van der Waals surface area contributed by atoms with Crippen molar-refractivity contribution in [2.45, 2.75) is 32.7 Å². The average molecular weight is 274 g/mol. The molecular formula is C14H30N2OS. The first kappa shape index (κ1) is 16.3. The average Bonchev–Trinajstić information content (AvgIpc) is 2.72.